The molecule has 2 aromatic carbocycles. The van der Waals surface area contributed by atoms with Gasteiger partial charge in [-0.05, 0) is 50.1 Å². The maximum Gasteiger partial charge on any atom is 0.271 e. The summed E-state index contributed by atoms with van der Waals surface area (Å²) >= 11 is 0. The lowest BCUT2D eigenvalue weighted by Gasteiger charge is -2.06. The predicted molar refractivity (Wildman–Crippen MR) is 105 cm³/mol. The van der Waals surface area contributed by atoms with Crippen LogP contribution in [0.15, 0.2) is 53.6 Å². The topological polar surface area (TPSA) is 70.6 Å². The van der Waals surface area contributed by atoms with Gasteiger partial charge in [-0.2, -0.15) is 5.10 Å². The van der Waals surface area contributed by atoms with Gasteiger partial charge in [0.25, 0.3) is 5.91 Å². The molecule has 0 saturated carbocycles. The van der Waals surface area contributed by atoms with E-state index in [2.05, 4.69) is 15.8 Å². The molecule has 0 spiro atoms. The van der Waals surface area contributed by atoms with E-state index < -0.39 is 0 Å². The molecule has 0 unspecified atom stereocenters. The van der Waals surface area contributed by atoms with Crippen molar-refractivity contribution in [2.24, 2.45) is 5.10 Å². The zero-order valence-electron chi connectivity index (χ0n) is 15.5. The van der Waals surface area contributed by atoms with Crippen molar-refractivity contribution >= 4 is 23.2 Å². The van der Waals surface area contributed by atoms with Crippen molar-refractivity contribution < 1.29 is 9.59 Å². The van der Waals surface area contributed by atoms with Gasteiger partial charge < -0.3 is 5.32 Å². The highest BCUT2D eigenvalue weighted by Crippen LogP contribution is 2.11. The van der Waals surface area contributed by atoms with E-state index in [1.54, 1.807) is 24.3 Å². The van der Waals surface area contributed by atoms with E-state index in [-0.39, 0.29) is 11.8 Å². The Kier molecular flexibility index (Phi) is 7.09. The summed E-state index contributed by atoms with van der Waals surface area (Å²) in [5, 5.41) is 6.97. The van der Waals surface area contributed by atoms with Crippen molar-refractivity contribution in [2.75, 3.05) is 5.32 Å². The van der Waals surface area contributed by atoms with Crippen LogP contribution < -0.4 is 10.7 Å². The molecule has 136 valence electrons. The third-order valence-corrected chi connectivity index (χ3v) is 3.98. The SMILES string of the molecule is CCCCC(=O)Nc1ccc(C(=O)NN=C(C)c2ccc(C)cc2)cc1. The highest BCUT2D eigenvalue weighted by atomic mass is 16.2. The number of hydrogen-bond acceptors (Lipinski definition) is 3. The number of nitrogens with zero attached hydrogens (tertiary/aromatic N) is 1. The molecule has 0 atom stereocenters. The van der Waals surface area contributed by atoms with Crippen LogP contribution in [0.3, 0.4) is 0 Å². The molecular formula is C21H25N3O2. The van der Waals surface area contributed by atoms with E-state index in [1.165, 1.54) is 5.56 Å². The van der Waals surface area contributed by atoms with Gasteiger partial charge in [-0.15, -0.1) is 0 Å². The second-order valence-corrected chi connectivity index (χ2v) is 6.23. The van der Waals surface area contributed by atoms with Crippen molar-refractivity contribution in [2.45, 2.75) is 40.0 Å². The van der Waals surface area contributed by atoms with Gasteiger partial charge in [0.15, 0.2) is 0 Å². The number of unbranched alkanes of at least 4 members (excludes halogenated alkanes) is 1. The minimum absolute atomic E-state index is 0.0117. The quantitative estimate of drug-likeness (QED) is 0.577. The van der Waals surface area contributed by atoms with Crippen molar-refractivity contribution in [1.82, 2.24) is 5.43 Å². The fourth-order valence-corrected chi connectivity index (χ4v) is 2.32. The molecule has 0 aliphatic heterocycles. The van der Waals surface area contributed by atoms with Gasteiger partial charge in [-0.3, -0.25) is 9.59 Å². The number of nitrogens with one attached hydrogen (secondary N) is 2. The van der Waals surface area contributed by atoms with Crippen LogP contribution in [0, 0.1) is 6.92 Å². The Morgan fingerprint density at radius 2 is 1.58 bits per heavy atom. The number of anilines is 1. The van der Waals surface area contributed by atoms with Gasteiger partial charge in [-0.1, -0.05) is 43.2 Å². The van der Waals surface area contributed by atoms with E-state index in [9.17, 15) is 9.59 Å². The second-order valence-electron chi connectivity index (χ2n) is 6.23. The Hall–Kier alpha value is -2.95. The third kappa shape index (κ3) is 5.84. The van der Waals surface area contributed by atoms with Gasteiger partial charge in [-0.25, -0.2) is 5.43 Å². The summed E-state index contributed by atoms with van der Waals surface area (Å²) in [6.45, 7) is 5.91. The largest absolute Gasteiger partial charge is 0.326 e. The van der Waals surface area contributed by atoms with Gasteiger partial charge in [0.05, 0.1) is 5.71 Å². The molecule has 5 nitrogen and oxygen atoms in total. The van der Waals surface area contributed by atoms with Crippen LogP contribution in [-0.4, -0.2) is 17.5 Å². The smallest absolute Gasteiger partial charge is 0.271 e. The molecule has 0 radical (unpaired) electrons. The van der Waals surface area contributed by atoms with Crippen LogP contribution in [0.25, 0.3) is 0 Å². The summed E-state index contributed by atoms with van der Waals surface area (Å²) < 4.78 is 0. The van der Waals surface area contributed by atoms with E-state index in [0.29, 0.717) is 17.7 Å². The summed E-state index contributed by atoms with van der Waals surface area (Å²) in [4.78, 5) is 23.9. The van der Waals surface area contributed by atoms with Crippen LogP contribution in [0.1, 0.15) is 54.6 Å². The second kappa shape index (κ2) is 9.51. The fourth-order valence-electron chi connectivity index (χ4n) is 2.32. The van der Waals surface area contributed by atoms with E-state index in [1.807, 2.05) is 45.0 Å². The number of carbonyl (C=O) groups excluding carboxylic acids is 2. The van der Waals surface area contributed by atoms with Crippen LogP contribution >= 0.6 is 0 Å². The molecule has 0 aromatic heterocycles. The Labute approximate surface area is 154 Å². The molecular weight excluding hydrogens is 326 g/mol. The van der Waals surface area contributed by atoms with E-state index in [4.69, 9.17) is 0 Å². The van der Waals surface area contributed by atoms with Crippen molar-refractivity contribution in [1.29, 1.82) is 0 Å². The first-order valence-electron chi connectivity index (χ1n) is 8.81. The Bertz CT molecular complexity index is 778. The number of benzene rings is 2. The lowest BCUT2D eigenvalue weighted by Crippen LogP contribution is -2.19. The van der Waals surface area contributed by atoms with Crippen LogP contribution in [0.4, 0.5) is 5.69 Å². The maximum atomic E-state index is 12.2. The molecule has 5 heteroatoms. The highest BCUT2D eigenvalue weighted by molar-refractivity contribution is 6.01. The van der Waals surface area contributed by atoms with Gasteiger partial charge in [0.1, 0.15) is 0 Å². The average molecular weight is 351 g/mol. The van der Waals surface area contributed by atoms with Gasteiger partial charge in [0, 0.05) is 17.7 Å². The summed E-state index contributed by atoms with van der Waals surface area (Å²) in [6.07, 6.45) is 2.35. The molecule has 2 rings (SSSR count). The Balaban J connectivity index is 1.94. The number of hydrazone groups is 1. The monoisotopic (exact) mass is 351 g/mol. The van der Waals surface area contributed by atoms with Crippen molar-refractivity contribution in [3.63, 3.8) is 0 Å². The third-order valence-electron chi connectivity index (χ3n) is 3.98. The summed E-state index contributed by atoms with van der Waals surface area (Å²) in [5.74, 6) is -0.303. The zero-order chi connectivity index (χ0) is 18.9. The molecule has 0 aliphatic carbocycles. The lowest BCUT2D eigenvalue weighted by molar-refractivity contribution is -0.116. The van der Waals surface area contributed by atoms with Crippen LogP contribution in [-0.2, 0) is 4.79 Å². The van der Waals surface area contributed by atoms with E-state index in [0.717, 1.165) is 24.1 Å². The number of rotatable bonds is 7. The number of aryl methyl sites for hydroxylation is 1. The zero-order valence-corrected chi connectivity index (χ0v) is 15.5. The number of hydrogen-bond donors (Lipinski definition) is 2. The fraction of sp³-hybridized carbons (Fsp3) is 0.286. The molecule has 0 fully saturated rings. The van der Waals surface area contributed by atoms with E-state index >= 15 is 0 Å². The molecule has 0 saturated heterocycles. The molecule has 2 N–H and O–H groups in total. The molecule has 26 heavy (non-hydrogen) atoms. The van der Waals surface area contributed by atoms with Crippen molar-refractivity contribution in [3.8, 4) is 0 Å². The number of amides is 2. The first-order valence-corrected chi connectivity index (χ1v) is 8.81. The van der Waals surface area contributed by atoms with Gasteiger partial charge in [0.2, 0.25) is 5.91 Å². The Morgan fingerprint density at radius 1 is 0.962 bits per heavy atom. The summed E-state index contributed by atoms with van der Waals surface area (Å²) in [6, 6.07) is 14.7. The molecule has 0 aliphatic rings. The minimum Gasteiger partial charge on any atom is -0.326 e. The maximum absolute atomic E-state index is 12.2. The summed E-state index contributed by atoms with van der Waals surface area (Å²) in [7, 11) is 0. The molecule has 2 amide bonds. The van der Waals surface area contributed by atoms with Gasteiger partial charge >= 0.3 is 0 Å². The van der Waals surface area contributed by atoms with Crippen LogP contribution in [0.2, 0.25) is 0 Å². The normalized spacial score (nSPS) is 11.1. The van der Waals surface area contributed by atoms with Crippen LogP contribution in [0.5, 0.6) is 0 Å². The average Bonchev–Trinajstić information content (AvgIpc) is 2.65. The minimum atomic E-state index is -0.291. The molecule has 0 heterocycles. The Morgan fingerprint density at radius 3 is 2.19 bits per heavy atom. The summed E-state index contributed by atoms with van der Waals surface area (Å²) in [5.41, 5.74) is 6.59. The lowest BCUT2D eigenvalue weighted by atomic mass is 10.1. The molecule has 2 aromatic rings. The molecule has 0 bridgehead atoms. The standard InChI is InChI=1S/C21H25N3O2/c1-4-5-6-20(25)22-19-13-11-18(12-14-19)21(26)24-23-16(3)17-9-7-15(2)8-10-17/h7-14H,4-6H2,1-3H3,(H,22,25)(H,24,26). The highest BCUT2D eigenvalue weighted by Gasteiger charge is 2.06. The van der Waals surface area contributed by atoms with Crippen molar-refractivity contribution in [3.05, 3.63) is 65.2 Å². The predicted octanol–water partition coefficient (Wildman–Crippen LogP) is 4.28. The number of carbonyl (C=O) groups is 2. The first kappa shape index (κ1) is 19.4. The first-order chi connectivity index (χ1) is 12.5.